The summed E-state index contributed by atoms with van der Waals surface area (Å²) in [5.74, 6) is -0.374. The van der Waals surface area contributed by atoms with Gasteiger partial charge in [-0.1, -0.05) is 11.6 Å². The Morgan fingerprint density at radius 2 is 1.92 bits per heavy atom. The number of rotatable bonds is 1. The van der Waals surface area contributed by atoms with Crippen molar-refractivity contribution in [1.29, 1.82) is 0 Å². The molecule has 1 rings (SSSR count). The lowest BCUT2D eigenvalue weighted by atomic mass is 10.3. The summed E-state index contributed by atoms with van der Waals surface area (Å²) in [7, 11) is 0. The second-order valence-electron chi connectivity index (χ2n) is 2.12. The first-order valence-electron chi connectivity index (χ1n) is 3.09. The lowest BCUT2D eigenvalue weighted by Gasteiger charge is -2.10. The van der Waals surface area contributed by atoms with Gasteiger partial charge in [-0.15, -0.1) is 13.2 Å². The first-order valence-corrected chi connectivity index (χ1v) is 4.55. The van der Waals surface area contributed by atoms with Crippen molar-refractivity contribution >= 4 is 34.2 Å². The first-order chi connectivity index (χ1) is 5.88. The summed E-state index contributed by atoms with van der Waals surface area (Å²) >= 11 is 7.34. The average molecular weight is 322 g/mol. The van der Waals surface area contributed by atoms with E-state index in [-0.39, 0.29) is 10.8 Å². The van der Waals surface area contributed by atoms with Gasteiger partial charge in [0.2, 0.25) is 0 Å². The van der Waals surface area contributed by atoms with Crippen LogP contribution in [0.1, 0.15) is 0 Å². The monoisotopic (exact) mass is 322 g/mol. The predicted molar refractivity (Wildman–Crippen MR) is 50.9 cm³/mol. The van der Waals surface area contributed by atoms with Crippen LogP contribution in [0.25, 0.3) is 0 Å². The number of hydrogen-bond acceptors (Lipinski definition) is 1. The summed E-state index contributed by atoms with van der Waals surface area (Å²) in [5, 5.41) is -0.0576. The van der Waals surface area contributed by atoms with Crippen LogP contribution in [0.5, 0.6) is 5.75 Å². The molecule has 0 unspecified atom stereocenters. The fraction of sp³-hybridized carbons (Fsp3) is 0.143. The van der Waals surface area contributed by atoms with E-state index >= 15 is 0 Å². The van der Waals surface area contributed by atoms with Gasteiger partial charge in [-0.3, -0.25) is 0 Å². The molecule has 0 heterocycles. The van der Waals surface area contributed by atoms with Crippen molar-refractivity contribution in [2.45, 2.75) is 6.36 Å². The zero-order valence-corrected chi connectivity index (χ0v) is 8.94. The summed E-state index contributed by atoms with van der Waals surface area (Å²) in [6.45, 7) is 0. The molecular formula is C7H3ClF3IO. The van der Waals surface area contributed by atoms with Gasteiger partial charge >= 0.3 is 6.36 Å². The van der Waals surface area contributed by atoms with E-state index in [1.165, 1.54) is 12.1 Å². The van der Waals surface area contributed by atoms with Crippen molar-refractivity contribution in [1.82, 2.24) is 0 Å². The maximum absolute atomic E-state index is 11.8. The van der Waals surface area contributed by atoms with E-state index in [1.54, 1.807) is 6.07 Å². The maximum Gasteiger partial charge on any atom is 0.573 e. The molecule has 0 bridgehead atoms. The molecule has 72 valence electrons. The van der Waals surface area contributed by atoms with Gasteiger partial charge in [0, 0.05) is 3.57 Å². The van der Waals surface area contributed by atoms with Gasteiger partial charge in [-0.2, -0.15) is 0 Å². The Kier molecular flexibility index (Phi) is 3.28. The number of alkyl halides is 3. The summed E-state index contributed by atoms with van der Waals surface area (Å²) in [6, 6.07) is 4.16. The van der Waals surface area contributed by atoms with Crippen LogP contribution in [0.2, 0.25) is 5.02 Å². The third-order valence-corrected chi connectivity index (χ3v) is 2.10. The molecule has 0 saturated carbocycles. The molecule has 1 aromatic rings. The standard InChI is InChI=1S/C7H3ClF3IO/c8-5-2-1-4(12)3-6(5)13-7(9,10)11/h1-3H. The molecule has 0 aliphatic rings. The van der Waals surface area contributed by atoms with Crippen molar-refractivity contribution in [2.24, 2.45) is 0 Å². The van der Waals surface area contributed by atoms with Gasteiger partial charge in [0.25, 0.3) is 0 Å². The molecule has 0 aliphatic carbocycles. The molecule has 1 nitrogen and oxygen atoms in total. The molecule has 0 N–H and O–H groups in total. The fourth-order valence-electron chi connectivity index (χ4n) is 0.680. The van der Waals surface area contributed by atoms with E-state index < -0.39 is 6.36 Å². The zero-order chi connectivity index (χ0) is 10.1. The third kappa shape index (κ3) is 3.60. The normalized spacial score (nSPS) is 11.5. The van der Waals surface area contributed by atoms with E-state index in [1.807, 2.05) is 22.6 Å². The minimum absolute atomic E-state index is 0.0576. The van der Waals surface area contributed by atoms with Crippen LogP contribution in [-0.2, 0) is 0 Å². The Labute approximate surface area is 91.0 Å². The summed E-state index contributed by atoms with van der Waals surface area (Å²) in [6.07, 6.45) is -4.70. The van der Waals surface area contributed by atoms with E-state index in [0.717, 1.165) is 0 Å². The van der Waals surface area contributed by atoms with Crippen LogP contribution in [-0.4, -0.2) is 6.36 Å². The molecule has 1 aromatic carbocycles. The zero-order valence-electron chi connectivity index (χ0n) is 6.03. The highest BCUT2D eigenvalue weighted by Crippen LogP contribution is 2.31. The van der Waals surface area contributed by atoms with Crippen molar-refractivity contribution in [2.75, 3.05) is 0 Å². The summed E-state index contributed by atoms with van der Waals surface area (Å²) < 4.78 is 39.6. The molecule has 0 fully saturated rings. The summed E-state index contributed by atoms with van der Waals surface area (Å²) in [5.41, 5.74) is 0. The Morgan fingerprint density at radius 1 is 1.31 bits per heavy atom. The summed E-state index contributed by atoms with van der Waals surface area (Å²) in [4.78, 5) is 0. The van der Waals surface area contributed by atoms with Gasteiger partial charge < -0.3 is 4.74 Å². The minimum Gasteiger partial charge on any atom is -0.404 e. The molecule has 0 saturated heterocycles. The van der Waals surface area contributed by atoms with Crippen molar-refractivity contribution in [3.63, 3.8) is 0 Å². The Balaban J connectivity index is 2.94. The highest BCUT2D eigenvalue weighted by molar-refractivity contribution is 14.1. The molecule has 6 heteroatoms. The quantitative estimate of drug-likeness (QED) is 0.714. The van der Waals surface area contributed by atoms with Crippen LogP contribution in [0.3, 0.4) is 0 Å². The van der Waals surface area contributed by atoms with Crippen molar-refractivity contribution in [3.05, 3.63) is 26.8 Å². The fourth-order valence-corrected chi connectivity index (χ4v) is 1.30. The number of hydrogen-bond donors (Lipinski definition) is 0. The molecule has 0 aromatic heterocycles. The molecular weight excluding hydrogens is 319 g/mol. The van der Waals surface area contributed by atoms with Crippen LogP contribution in [0, 0.1) is 3.57 Å². The molecule has 0 aliphatic heterocycles. The van der Waals surface area contributed by atoms with Crippen molar-refractivity contribution < 1.29 is 17.9 Å². The highest BCUT2D eigenvalue weighted by Gasteiger charge is 2.32. The number of ether oxygens (including phenoxy) is 1. The second-order valence-corrected chi connectivity index (χ2v) is 3.78. The Hall–Kier alpha value is -0.170. The van der Waals surface area contributed by atoms with Gasteiger partial charge in [0.1, 0.15) is 5.75 Å². The molecule has 0 amide bonds. The van der Waals surface area contributed by atoms with Gasteiger partial charge in [0.15, 0.2) is 0 Å². The lowest BCUT2D eigenvalue weighted by Crippen LogP contribution is -2.17. The molecule has 13 heavy (non-hydrogen) atoms. The number of halogens is 5. The lowest BCUT2D eigenvalue weighted by molar-refractivity contribution is -0.274. The van der Waals surface area contributed by atoms with Crippen LogP contribution < -0.4 is 4.74 Å². The average Bonchev–Trinajstić information content (AvgIpc) is 1.94. The predicted octanol–water partition coefficient (Wildman–Crippen LogP) is 3.84. The largest absolute Gasteiger partial charge is 0.573 e. The third-order valence-electron chi connectivity index (χ3n) is 1.12. The maximum atomic E-state index is 11.8. The van der Waals surface area contributed by atoms with Crippen molar-refractivity contribution in [3.8, 4) is 5.75 Å². The van der Waals surface area contributed by atoms with Crippen LogP contribution in [0.15, 0.2) is 18.2 Å². The Morgan fingerprint density at radius 3 is 2.46 bits per heavy atom. The van der Waals surface area contributed by atoms with Gasteiger partial charge in [0.05, 0.1) is 5.02 Å². The SMILES string of the molecule is FC(F)(F)Oc1cc(I)ccc1Cl. The topological polar surface area (TPSA) is 9.23 Å². The first kappa shape index (κ1) is 10.9. The molecule has 0 spiro atoms. The molecule has 0 atom stereocenters. The second kappa shape index (κ2) is 3.91. The van der Waals surface area contributed by atoms with E-state index in [4.69, 9.17) is 11.6 Å². The molecule has 0 radical (unpaired) electrons. The van der Waals surface area contributed by atoms with E-state index in [9.17, 15) is 13.2 Å². The van der Waals surface area contributed by atoms with Gasteiger partial charge in [-0.25, -0.2) is 0 Å². The number of benzene rings is 1. The van der Waals surface area contributed by atoms with E-state index in [2.05, 4.69) is 4.74 Å². The van der Waals surface area contributed by atoms with Crippen LogP contribution >= 0.6 is 34.2 Å². The highest BCUT2D eigenvalue weighted by atomic mass is 127. The Bertz CT molecular complexity index is 313. The van der Waals surface area contributed by atoms with Gasteiger partial charge in [-0.05, 0) is 40.8 Å². The van der Waals surface area contributed by atoms with Crippen LogP contribution in [0.4, 0.5) is 13.2 Å². The van der Waals surface area contributed by atoms with E-state index in [0.29, 0.717) is 3.57 Å². The minimum atomic E-state index is -4.70. The smallest absolute Gasteiger partial charge is 0.404 e.